The molecule has 4 aromatic heterocycles. The molecule has 0 saturated carbocycles. The number of hydrogen-bond donors (Lipinski definition) is 2. The maximum Gasteiger partial charge on any atom is 0.232 e. The Hall–Kier alpha value is -3.64. The van der Waals surface area contributed by atoms with Crippen molar-refractivity contribution in [1.82, 2.24) is 30.4 Å². The summed E-state index contributed by atoms with van der Waals surface area (Å²) in [4.78, 5) is 33.0. The van der Waals surface area contributed by atoms with Crippen molar-refractivity contribution >= 4 is 44.8 Å². The number of aromatic nitrogens is 6. The third kappa shape index (κ3) is 7.18. The Morgan fingerprint density at radius 3 is 1.83 bits per heavy atom. The monoisotopic (exact) mass is 522 g/mol. The van der Waals surface area contributed by atoms with Gasteiger partial charge in [0.05, 0.1) is 12.8 Å². The number of anilines is 2. The van der Waals surface area contributed by atoms with Crippen LogP contribution in [-0.2, 0) is 22.4 Å². The van der Waals surface area contributed by atoms with E-state index in [9.17, 15) is 9.59 Å². The maximum absolute atomic E-state index is 12.3. The summed E-state index contributed by atoms with van der Waals surface area (Å²) in [5.74, 6) is -0.0868. The van der Waals surface area contributed by atoms with Crippen molar-refractivity contribution in [3.63, 3.8) is 0 Å². The fraction of sp³-hybridized carbons (Fsp3) is 0.333. The molecule has 4 aromatic rings. The Bertz CT molecular complexity index is 1280. The highest BCUT2D eigenvalue weighted by Crippen LogP contribution is 2.36. The molecule has 0 bridgehead atoms. The number of nitrogens with one attached hydrogen (secondary N) is 2. The summed E-state index contributed by atoms with van der Waals surface area (Å²) in [6.07, 6.45) is 5.35. The molecular formula is C24H26N8O2S2. The second-order valence-electron chi connectivity index (χ2n) is 8.22. The van der Waals surface area contributed by atoms with Gasteiger partial charge in [0.25, 0.3) is 0 Å². The van der Waals surface area contributed by atoms with Gasteiger partial charge >= 0.3 is 0 Å². The molecule has 4 rings (SSSR count). The highest BCUT2D eigenvalue weighted by molar-refractivity contribution is 7.15. The van der Waals surface area contributed by atoms with E-state index in [0.29, 0.717) is 21.7 Å². The van der Waals surface area contributed by atoms with Gasteiger partial charge < -0.3 is 10.6 Å². The molecule has 36 heavy (non-hydrogen) atoms. The van der Waals surface area contributed by atoms with Gasteiger partial charge in [-0.05, 0) is 37.1 Å². The molecule has 0 aliphatic heterocycles. The fourth-order valence-electron chi connectivity index (χ4n) is 3.57. The minimum absolute atomic E-state index is 0.111. The van der Waals surface area contributed by atoms with Crippen molar-refractivity contribution < 1.29 is 9.59 Å². The second-order valence-corrected chi connectivity index (χ2v) is 10.2. The summed E-state index contributed by atoms with van der Waals surface area (Å²) >= 11 is 2.76. The average molecular weight is 523 g/mol. The molecule has 2 atom stereocenters. The number of amides is 2. The Labute approximate surface area is 216 Å². The number of nitrogens with zero attached hydrogens (tertiary/aromatic N) is 6. The minimum Gasteiger partial charge on any atom is -0.300 e. The van der Waals surface area contributed by atoms with Gasteiger partial charge in [0.2, 0.25) is 22.1 Å². The minimum atomic E-state index is -0.179. The average Bonchev–Trinajstić information content (AvgIpc) is 3.53. The summed E-state index contributed by atoms with van der Waals surface area (Å²) < 4.78 is 0. The third-order valence-electron chi connectivity index (χ3n) is 5.41. The predicted molar refractivity (Wildman–Crippen MR) is 139 cm³/mol. The zero-order valence-corrected chi connectivity index (χ0v) is 21.6. The highest BCUT2D eigenvalue weighted by Gasteiger charge is 2.22. The van der Waals surface area contributed by atoms with Crippen molar-refractivity contribution in [3.05, 3.63) is 70.2 Å². The predicted octanol–water partition coefficient (Wildman–Crippen LogP) is 4.23. The van der Waals surface area contributed by atoms with Crippen LogP contribution in [0.4, 0.5) is 10.3 Å². The number of carbonyl (C=O) groups is 2. The molecule has 4 heterocycles. The van der Waals surface area contributed by atoms with Crippen LogP contribution >= 0.6 is 22.7 Å². The number of pyridine rings is 2. The molecule has 186 valence electrons. The Kier molecular flexibility index (Phi) is 8.74. The summed E-state index contributed by atoms with van der Waals surface area (Å²) in [5.41, 5.74) is 1.40. The van der Waals surface area contributed by atoms with Crippen LogP contribution < -0.4 is 10.6 Å². The molecule has 0 aliphatic carbocycles. The molecule has 0 aliphatic rings. The summed E-state index contributed by atoms with van der Waals surface area (Å²) in [6.45, 7) is 4.18. The van der Waals surface area contributed by atoms with Crippen molar-refractivity contribution in [3.8, 4) is 0 Å². The van der Waals surface area contributed by atoms with Gasteiger partial charge in [0.15, 0.2) is 0 Å². The van der Waals surface area contributed by atoms with Crippen LogP contribution in [0.2, 0.25) is 0 Å². The lowest BCUT2D eigenvalue weighted by Gasteiger charge is -2.15. The van der Waals surface area contributed by atoms with Gasteiger partial charge in [-0.1, -0.05) is 48.7 Å². The largest absolute Gasteiger partial charge is 0.300 e. The fourth-order valence-corrected chi connectivity index (χ4v) is 5.34. The van der Waals surface area contributed by atoms with Crippen LogP contribution in [0.1, 0.15) is 59.9 Å². The Morgan fingerprint density at radius 1 is 0.806 bits per heavy atom. The first-order valence-corrected chi connectivity index (χ1v) is 13.2. The molecule has 0 radical (unpaired) electrons. The Morgan fingerprint density at radius 2 is 1.33 bits per heavy atom. The number of carbonyl (C=O) groups excluding carboxylic acids is 2. The van der Waals surface area contributed by atoms with Gasteiger partial charge in [0, 0.05) is 35.6 Å². The molecule has 10 nitrogen and oxygen atoms in total. The lowest BCUT2D eigenvalue weighted by molar-refractivity contribution is -0.116. The van der Waals surface area contributed by atoms with Crippen LogP contribution in [0.25, 0.3) is 0 Å². The van der Waals surface area contributed by atoms with E-state index in [2.05, 4.69) is 54.8 Å². The zero-order valence-electron chi connectivity index (χ0n) is 19.9. The van der Waals surface area contributed by atoms with E-state index in [4.69, 9.17) is 0 Å². The van der Waals surface area contributed by atoms with Crippen LogP contribution in [0.5, 0.6) is 0 Å². The molecule has 0 spiro atoms. The Balaban J connectivity index is 1.30. The topological polar surface area (TPSA) is 136 Å². The van der Waals surface area contributed by atoms with Crippen LogP contribution in [0.3, 0.4) is 0 Å². The van der Waals surface area contributed by atoms with E-state index < -0.39 is 0 Å². The second kappa shape index (κ2) is 12.4. The molecule has 12 heteroatoms. The standard InChI is InChI=1S/C24H26N8O2S2/c1-3-16(22-30-32-24(36-22)28-20(34)14-18-9-5-7-11-26-18)12-15(2)21-29-31-23(35-21)27-19(33)13-17-8-4-6-10-25-17/h4-11,15-16H,3,12-14H2,1-2H3,(H,27,31,33)(H,28,32,34)/t15-,16-/m0/s1. The van der Waals surface area contributed by atoms with E-state index in [-0.39, 0.29) is 36.5 Å². The van der Waals surface area contributed by atoms with Gasteiger partial charge in [0.1, 0.15) is 10.0 Å². The lowest BCUT2D eigenvalue weighted by atomic mass is 9.95. The molecular weight excluding hydrogens is 496 g/mol. The third-order valence-corrected chi connectivity index (χ3v) is 7.48. The van der Waals surface area contributed by atoms with E-state index in [1.807, 2.05) is 36.4 Å². The lowest BCUT2D eigenvalue weighted by Crippen LogP contribution is -2.14. The smallest absolute Gasteiger partial charge is 0.232 e. The number of rotatable bonds is 11. The van der Waals surface area contributed by atoms with Crippen LogP contribution in [-0.4, -0.2) is 42.2 Å². The summed E-state index contributed by atoms with van der Waals surface area (Å²) in [6, 6.07) is 10.9. The quantitative estimate of drug-likeness (QED) is 0.299. The van der Waals surface area contributed by atoms with Gasteiger partial charge in [-0.15, -0.1) is 20.4 Å². The first kappa shape index (κ1) is 25.5. The van der Waals surface area contributed by atoms with Crippen molar-refractivity contribution in [1.29, 1.82) is 0 Å². The normalized spacial score (nSPS) is 12.6. The molecule has 2 amide bonds. The van der Waals surface area contributed by atoms with Crippen LogP contribution in [0.15, 0.2) is 48.8 Å². The first-order valence-electron chi connectivity index (χ1n) is 11.6. The van der Waals surface area contributed by atoms with Crippen molar-refractivity contribution in [2.45, 2.75) is 51.4 Å². The number of hydrogen-bond acceptors (Lipinski definition) is 10. The van der Waals surface area contributed by atoms with Gasteiger partial charge in [-0.25, -0.2) is 0 Å². The highest BCUT2D eigenvalue weighted by atomic mass is 32.1. The van der Waals surface area contributed by atoms with Crippen molar-refractivity contribution in [2.75, 3.05) is 10.6 Å². The van der Waals surface area contributed by atoms with E-state index >= 15 is 0 Å². The zero-order chi connectivity index (χ0) is 25.3. The van der Waals surface area contributed by atoms with E-state index in [1.54, 1.807) is 12.4 Å². The van der Waals surface area contributed by atoms with Gasteiger partial charge in [-0.2, -0.15) is 0 Å². The maximum atomic E-state index is 12.3. The molecule has 0 fully saturated rings. The molecule has 0 aromatic carbocycles. The van der Waals surface area contributed by atoms with Gasteiger partial charge in [-0.3, -0.25) is 19.6 Å². The molecule has 2 N–H and O–H groups in total. The van der Waals surface area contributed by atoms with E-state index in [0.717, 1.165) is 22.9 Å². The molecule has 0 saturated heterocycles. The SMILES string of the molecule is CC[C@@H](C[C@H](C)c1nnc(NC(=O)Cc2ccccn2)s1)c1nnc(NC(=O)Cc2ccccn2)s1. The van der Waals surface area contributed by atoms with E-state index in [1.165, 1.54) is 22.7 Å². The van der Waals surface area contributed by atoms with Crippen LogP contribution in [0, 0.1) is 0 Å². The first-order chi connectivity index (χ1) is 17.5. The summed E-state index contributed by atoms with van der Waals surface area (Å²) in [5, 5.41) is 25.2. The molecule has 0 unspecified atom stereocenters. The summed E-state index contributed by atoms with van der Waals surface area (Å²) in [7, 11) is 0. The van der Waals surface area contributed by atoms with Crippen molar-refractivity contribution in [2.24, 2.45) is 0 Å².